The van der Waals surface area contributed by atoms with Gasteiger partial charge in [-0.15, -0.1) is 0 Å². The molecule has 0 aliphatic carbocycles. The lowest BCUT2D eigenvalue weighted by Gasteiger charge is -2.26. The predicted molar refractivity (Wildman–Crippen MR) is 134 cm³/mol. The van der Waals surface area contributed by atoms with Gasteiger partial charge in [0.1, 0.15) is 12.2 Å². The molecule has 0 N–H and O–H groups in total. The number of carbonyl (C=O) groups is 1. The molecule has 1 aromatic heterocycles. The summed E-state index contributed by atoms with van der Waals surface area (Å²) in [6.07, 6.45) is 1.64. The monoisotopic (exact) mass is 487 g/mol. The van der Waals surface area contributed by atoms with Gasteiger partial charge in [-0.1, -0.05) is 60.7 Å². The fraction of sp³-hybridized carbons (Fsp3) is 0.143. The van der Waals surface area contributed by atoms with Gasteiger partial charge in [-0.25, -0.2) is 0 Å². The van der Waals surface area contributed by atoms with E-state index in [0.29, 0.717) is 45.2 Å². The van der Waals surface area contributed by atoms with Crippen molar-refractivity contribution in [2.45, 2.75) is 12.6 Å². The minimum Gasteiger partial charge on any atom is -0.493 e. The Bertz CT molecular complexity index is 1510. The Morgan fingerprint density at radius 1 is 1.06 bits per heavy atom. The number of nitrogens with zero attached hydrogens (tertiary/aromatic N) is 1. The number of para-hydroxylation sites is 1. The van der Waals surface area contributed by atoms with Gasteiger partial charge in [-0.2, -0.15) is 0 Å². The molecule has 2 heterocycles. The minimum absolute atomic E-state index is 0.0386. The van der Waals surface area contributed by atoms with Gasteiger partial charge in [0, 0.05) is 11.6 Å². The van der Waals surface area contributed by atoms with Crippen LogP contribution in [0.1, 0.15) is 33.3 Å². The number of rotatable bonds is 7. The molecule has 7 heteroatoms. The van der Waals surface area contributed by atoms with E-state index in [2.05, 4.69) is 6.58 Å². The third kappa shape index (κ3) is 3.96. The normalized spacial score (nSPS) is 14.7. The van der Waals surface area contributed by atoms with Crippen molar-refractivity contribution >= 4 is 28.5 Å². The summed E-state index contributed by atoms with van der Waals surface area (Å²) < 4.78 is 17.2. The molecule has 1 aliphatic heterocycles. The summed E-state index contributed by atoms with van der Waals surface area (Å²) in [5, 5.41) is 0.951. The van der Waals surface area contributed by atoms with Crippen molar-refractivity contribution in [2.75, 3.05) is 13.7 Å². The van der Waals surface area contributed by atoms with Crippen LogP contribution in [0.4, 0.5) is 0 Å². The highest BCUT2D eigenvalue weighted by Gasteiger charge is 2.43. The van der Waals surface area contributed by atoms with E-state index in [1.54, 1.807) is 53.4 Å². The van der Waals surface area contributed by atoms with Gasteiger partial charge in [0.05, 0.1) is 24.1 Å². The van der Waals surface area contributed by atoms with E-state index in [4.69, 9.17) is 25.5 Å². The molecule has 0 radical (unpaired) electrons. The smallest absolute Gasteiger partial charge is 0.291 e. The van der Waals surface area contributed by atoms with Crippen LogP contribution in [0.5, 0.6) is 11.5 Å². The van der Waals surface area contributed by atoms with E-state index in [1.165, 1.54) is 7.11 Å². The quantitative estimate of drug-likeness (QED) is 0.310. The predicted octanol–water partition coefficient (Wildman–Crippen LogP) is 5.77. The largest absolute Gasteiger partial charge is 0.493 e. The minimum atomic E-state index is -0.697. The first kappa shape index (κ1) is 22.7. The number of halogens is 1. The summed E-state index contributed by atoms with van der Waals surface area (Å²) in [7, 11) is 1.54. The summed E-state index contributed by atoms with van der Waals surface area (Å²) in [5.74, 6) is 0.674. The molecule has 1 aliphatic rings. The van der Waals surface area contributed by atoms with Crippen molar-refractivity contribution in [2.24, 2.45) is 0 Å². The Labute approximate surface area is 207 Å². The average molecular weight is 488 g/mol. The van der Waals surface area contributed by atoms with E-state index in [1.807, 2.05) is 24.3 Å². The molecule has 5 rings (SSSR count). The average Bonchev–Trinajstić information content (AvgIpc) is 3.15. The van der Waals surface area contributed by atoms with Crippen LogP contribution in [-0.2, 0) is 6.54 Å². The molecule has 1 unspecified atom stereocenters. The van der Waals surface area contributed by atoms with Gasteiger partial charge >= 0.3 is 0 Å². The maximum Gasteiger partial charge on any atom is 0.291 e. The molecule has 6 nitrogen and oxygen atoms in total. The highest BCUT2D eigenvalue weighted by molar-refractivity contribution is 6.31. The first-order valence-corrected chi connectivity index (χ1v) is 11.4. The number of hydrogen-bond donors (Lipinski definition) is 0. The number of amides is 1. The Morgan fingerprint density at radius 3 is 2.60 bits per heavy atom. The second-order valence-corrected chi connectivity index (χ2v) is 8.51. The lowest BCUT2D eigenvalue weighted by atomic mass is 9.97. The van der Waals surface area contributed by atoms with Crippen molar-refractivity contribution in [3.63, 3.8) is 0 Å². The maximum atomic E-state index is 13.6. The molecule has 0 bridgehead atoms. The molecule has 1 amide bonds. The highest BCUT2D eigenvalue weighted by Crippen LogP contribution is 2.42. The molecule has 0 spiro atoms. The molecule has 1 atom stereocenters. The van der Waals surface area contributed by atoms with Crippen LogP contribution < -0.4 is 14.9 Å². The topological polar surface area (TPSA) is 69.0 Å². The summed E-state index contributed by atoms with van der Waals surface area (Å²) >= 11 is 6.42. The second-order valence-electron chi connectivity index (χ2n) is 8.11. The lowest BCUT2D eigenvalue weighted by molar-refractivity contribution is 0.0714. The zero-order valence-electron chi connectivity index (χ0n) is 19.0. The first-order chi connectivity index (χ1) is 17.0. The standard InChI is InChI=1S/C28H22ClNO5/c1-3-14-34-22-13-12-17(15-23(22)33-2)25-24-26(31)19-9-5-7-11-21(19)35-27(24)28(32)30(25)16-18-8-4-6-10-20(18)29/h3-13,15,25H,1,14,16H2,2H3. The Morgan fingerprint density at radius 2 is 1.83 bits per heavy atom. The van der Waals surface area contributed by atoms with Crippen LogP contribution in [0.25, 0.3) is 11.0 Å². The summed E-state index contributed by atoms with van der Waals surface area (Å²) in [5.41, 5.74) is 1.87. The van der Waals surface area contributed by atoms with Crippen LogP contribution >= 0.6 is 11.6 Å². The van der Waals surface area contributed by atoms with Crippen LogP contribution in [0.15, 0.2) is 88.6 Å². The van der Waals surface area contributed by atoms with E-state index >= 15 is 0 Å². The zero-order valence-corrected chi connectivity index (χ0v) is 19.7. The molecule has 0 saturated heterocycles. The molecule has 0 saturated carbocycles. The number of benzene rings is 3. The van der Waals surface area contributed by atoms with E-state index in [0.717, 1.165) is 5.56 Å². The first-order valence-electron chi connectivity index (χ1n) is 11.0. The SMILES string of the molecule is C=CCOc1ccc(C2c3c(oc4ccccc4c3=O)C(=O)N2Cc2ccccc2Cl)cc1OC. The second kappa shape index (κ2) is 9.31. The maximum absolute atomic E-state index is 13.6. The summed E-state index contributed by atoms with van der Waals surface area (Å²) in [4.78, 5) is 28.9. The van der Waals surface area contributed by atoms with Gasteiger partial charge in [0.2, 0.25) is 5.76 Å². The van der Waals surface area contributed by atoms with Gasteiger partial charge in [-0.3, -0.25) is 9.59 Å². The third-order valence-electron chi connectivity index (χ3n) is 6.03. The van der Waals surface area contributed by atoms with E-state index < -0.39 is 6.04 Å². The molecular formula is C28H22ClNO5. The van der Waals surface area contributed by atoms with Crippen molar-refractivity contribution in [3.8, 4) is 11.5 Å². The van der Waals surface area contributed by atoms with Crippen molar-refractivity contribution in [3.05, 3.63) is 117 Å². The van der Waals surface area contributed by atoms with Crippen LogP contribution in [-0.4, -0.2) is 24.5 Å². The highest BCUT2D eigenvalue weighted by atomic mass is 35.5. The van der Waals surface area contributed by atoms with Crippen molar-refractivity contribution < 1.29 is 18.7 Å². The van der Waals surface area contributed by atoms with Gasteiger partial charge < -0.3 is 18.8 Å². The fourth-order valence-corrected chi connectivity index (χ4v) is 4.60. The summed E-state index contributed by atoms with van der Waals surface area (Å²) in [6, 6.07) is 18.9. The Hall–Kier alpha value is -4.03. The van der Waals surface area contributed by atoms with Crippen LogP contribution in [0.2, 0.25) is 5.02 Å². The van der Waals surface area contributed by atoms with Gasteiger partial charge in [0.25, 0.3) is 5.91 Å². The number of fused-ring (bicyclic) bond motifs is 2. The fourth-order valence-electron chi connectivity index (χ4n) is 4.41. The van der Waals surface area contributed by atoms with E-state index in [9.17, 15) is 9.59 Å². The van der Waals surface area contributed by atoms with E-state index in [-0.39, 0.29) is 23.6 Å². The number of ether oxygens (including phenoxy) is 2. The third-order valence-corrected chi connectivity index (χ3v) is 6.40. The molecule has 176 valence electrons. The lowest BCUT2D eigenvalue weighted by Crippen LogP contribution is -2.29. The molecular weight excluding hydrogens is 466 g/mol. The molecule has 4 aromatic rings. The van der Waals surface area contributed by atoms with Crippen molar-refractivity contribution in [1.29, 1.82) is 0 Å². The van der Waals surface area contributed by atoms with Crippen LogP contribution in [0.3, 0.4) is 0 Å². The Balaban J connectivity index is 1.70. The zero-order chi connectivity index (χ0) is 24.5. The number of hydrogen-bond acceptors (Lipinski definition) is 5. The molecule has 35 heavy (non-hydrogen) atoms. The summed E-state index contributed by atoms with van der Waals surface area (Å²) in [6.45, 7) is 4.18. The van der Waals surface area contributed by atoms with Crippen LogP contribution in [0, 0.1) is 0 Å². The Kier molecular flexibility index (Phi) is 6.05. The van der Waals surface area contributed by atoms with Crippen molar-refractivity contribution in [1.82, 2.24) is 4.90 Å². The number of carbonyl (C=O) groups excluding carboxylic acids is 1. The van der Waals surface area contributed by atoms with Gasteiger partial charge in [-0.05, 0) is 41.5 Å². The van der Waals surface area contributed by atoms with Gasteiger partial charge in [0.15, 0.2) is 16.9 Å². The molecule has 3 aromatic carbocycles. The number of methoxy groups -OCH3 is 1. The molecule has 0 fully saturated rings.